The molecule has 2 N–H and O–H groups in total. The highest BCUT2D eigenvalue weighted by molar-refractivity contribution is 7.12. The Balaban J connectivity index is 2.00. The van der Waals surface area contributed by atoms with E-state index in [4.69, 9.17) is 5.73 Å². The third-order valence-corrected chi connectivity index (χ3v) is 4.16. The highest BCUT2D eigenvalue weighted by Gasteiger charge is 2.12. The van der Waals surface area contributed by atoms with Gasteiger partial charge < -0.3 is 5.73 Å². The van der Waals surface area contributed by atoms with E-state index >= 15 is 0 Å². The molecule has 0 spiro atoms. The van der Waals surface area contributed by atoms with Crippen LogP contribution in [0, 0.1) is 0 Å². The molecular formula is C16H15N3S. The van der Waals surface area contributed by atoms with Crippen LogP contribution in [0.2, 0.25) is 0 Å². The first kappa shape index (κ1) is 13.0. The number of nitrogens with zero attached hydrogens (tertiary/aromatic N) is 2. The molecule has 0 fully saturated rings. The van der Waals surface area contributed by atoms with Gasteiger partial charge in [-0.15, -0.1) is 11.3 Å². The zero-order valence-corrected chi connectivity index (χ0v) is 11.8. The fourth-order valence-electron chi connectivity index (χ4n) is 2.12. The molecule has 0 bridgehead atoms. The van der Waals surface area contributed by atoms with E-state index in [1.807, 2.05) is 42.7 Å². The number of nitrogens with two attached hydrogens (primary N) is 1. The first-order chi connectivity index (χ1) is 9.86. The van der Waals surface area contributed by atoms with Crippen LogP contribution in [0.3, 0.4) is 0 Å². The van der Waals surface area contributed by atoms with Crippen LogP contribution in [0.5, 0.6) is 0 Å². The smallest absolute Gasteiger partial charge is 0.107 e. The number of hydrogen-bond acceptors (Lipinski definition) is 4. The molecule has 4 heteroatoms. The highest BCUT2D eigenvalue weighted by Crippen LogP contribution is 2.30. The number of rotatable bonds is 4. The van der Waals surface area contributed by atoms with E-state index in [1.54, 1.807) is 11.3 Å². The van der Waals surface area contributed by atoms with Gasteiger partial charge in [-0.05, 0) is 17.7 Å². The van der Waals surface area contributed by atoms with E-state index in [-0.39, 0.29) is 0 Å². The van der Waals surface area contributed by atoms with Crippen LogP contribution >= 0.6 is 11.3 Å². The Hall–Kier alpha value is -2.04. The van der Waals surface area contributed by atoms with Gasteiger partial charge in [0.15, 0.2) is 0 Å². The van der Waals surface area contributed by atoms with E-state index in [1.165, 1.54) is 10.4 Å². The standard InChI is InChI=1S/C16H15N3S/c17-11-15-19-16(13-4-2-1-3-5-13)14(20-15)10-12-6-8-18-9-7-12/h1-9H,10-11,17H2. The maximum absolute atomic E-state index is 5.74. The van der Waals surface area contributed by atoms with Crippen molar-refractivity contribution in [3.05, 3.63) is 70.3 Å². The lowest BCUT2D eigenvalue weighted by Crippen LogP contribution is -1.94. The Labute approximate surface area is 122 Å². The minimum absolute atomic E-state index is 0.487. The fourth-order valence-corrected chi connectivity index (χ4v) is 3.12. The summed E-state index contributed by atoms with van der Waals surface area (Å²) in [5.41, 5.74) is 9.18. The van der Waals surface area contributed by atoms with Gasteiger partial charge in [0.1, 0.15) is 5.01 Å². The molecule has 2 heterocycles. The van der Waals surface area contributed by atoms with Gasteiger partial charge in [-0.3, -0.25) is 4.98 Å². The molecule has 3 nitrogen and oxygen atoms in total. The average Bonchev–Trinajstić information content (AvgIpc) is 2.92. The molecular weight excluding hydrogens is 266 g/mol. The Kier molecular flexibility index (Phi) is 3.85. The minimum Gasteiger partial charge on any atom is -0.325 e. The molecule has 0 radical (unpaired) electrons. The van der Waals surface area contributed by atoms with Crippen molar-refractivity contribution in [1.29, 1.82) is 0 Å². The number of thiazole rings is 1. The summed E-state index contributed by atoms with van der Waals surface area (Å²) in [5, 5.41) is 0.980. The summed E-state index contributed by atoms with van der Waals surface area (Å²) in [6.45, 7) is 0.487. The number of aromatic nitrogens is 2. The van der Waals surface area contributed by atoms with Gasteiger partial charge in [-0.1, -0.05) is 30.3 Å². The van der Waals surface area contributed by atoms with Crippen LogP contribution in [0.25, 0.3) is 11.3 Å². The van der Waals surface area contributed by atoms with E-state index in [0.717, 1.165) is 22.7 Å². The van der Waals surface area contributed by atoms with Crippen LogP contribution in [-0.2, 0) is 13.0 Å². The van der Waals surface area contributed by atoms with Crippen molar-refractivity contribution in [2.45, 2.75) is 13.0 Å². The van der Waals surface area contributed by atoms with Gasteiger partial charge in [-0.25, -0.2) is 4.98 Å². The van der Waals surface area contributed by atoms with E-state index in [0.29, 0.717) is 6.54 Å². The van der Waals surface area contributed by atoms with Crippen LogP contribution in [0.15, 0.2) is 54.9 Å². The Bertz CT molecular complexity index is 677. The van der Waals surface area contributed by atoms with Crippen molar-refractivity contribution in [2.24, 2.45) is 5.73 Å². The van der Waals surface area contributed by atoms with Crippen LogP contribution in [-0.4, -0.2) is 9.97 Å². The molecule has 0 aliphatic carbocycles. The van der Waals surface area contributed by atoms with Crippen molar-refractivity contribution in [3.63, 3.8) is 0 Å². The van der Waals surface area contributed by atoms with Gasteiger partial charge in [-0.2, -0.15) is 0 Å². The van der Waals surface area contributed by atoms with Crippen LogP contribution in [0.1, 0.15) is 15.4 Å². The molecule has 0 aliphatic heterocycles. The van der Waals surface area contributed by atoms with Crippen molar-refractivity contribution < 1.29 is 0 Å². The number of benzene rings is 1. The second-order valence-electron chi connectivity index (χ2n) is 4.48. The number of pyridine rings is 1. The Morgan fingerprint density at radius 2 is 1.75 bits per heavy atom. The Morgan fingerprint density at radius 3 is 2.45 bits per heavy atom. The Morgan fingerprint density at radius 1 is 1.00 bits per heavy atom. The lowest BCUT2D eigenvalue weighted by molar-refractivity contribution is 1.04. The topological polar surface area (TPSA) is 51.8 Å². The summed E-state index contributed by atoms with van der Waals surface area (Å²) in [5.74, 6) is 0. The lowest BCUT2D eigenvalue weighted by atomic mass is 10.1. The lowest BCUT2D eigenvalue weighted by Gasteiger charge is -2.02. The summed E-state index contributed by atoms with van der Waals surface area (Å²) in [4.78, 5) is 9.98. The highest BCUT2D eigenvalue weighted by atomic mass is 32.1. The van der Waals surface area contributed by atoms with E-state index in [9.17, 15) is 0 Å². The zero-order valence-electron chi connectivity index (χ0n) is 11.0. The van der Waals surface area contributed by atoms with Crippen LogP contribution < -0.4 is 5.73 Å². The third-order valence-electron chi connectivity index (χ3n) is 3.08. The first-order valence-corrected chi connectivity index (χ1v) is 7.31. The van der Waals surface area contributed by atoms with Crippen molar-refractivity contribution in [1.82, 2.24) is 9.97 Å². The summed E-state index contributed by atoms with van der Waals surface area (Å²) < 4.78 is 0. The van der Waals surface area contributed by atoms with Crippen molar-refractivity contribution >= 4 is 11.3 Å². The van der Waals surface area contributed by atoms with Gasteiger partial charge in [0.25, 0.3) is 0 Å². The zero-order chi connectivity index (χ0) is 13.8. The summed E-state index contributed by atoms with van der Waals surface area (Å²) in [6, 6.07) is 14.3. The molecule has 3 aromatic rings. The monoisotopic (exact) mass is 281 g/mol. The predicted molar refractivity (Wildman–Crippen MR) is 82.5 cm³/mol. The number of hydrogen-bond donors (Lipinski definition) is 1. The summed E-state index contributed by atoms with van der Waals surface area (Å²) in [7, 11) is 0. The third kappa shape index (κ3) is 2.76. The SMILES string of the molecule is NCc1nc(-c2ccccc2)c(Cc2ccncc2)s1. The average molecular weight is 281 g/mol. The second kappa shape index (κ2) is 5.94. The maximum Gasteiger partial charge on any atom is 0.107 e. The molecule has 2 aromatic heterocycles. The molecule has 3 rings (SSSR count). The maximum atomic E-state index is 5.74. The van der Waals surface area contributed by atoms with Crippen LogP contribution in [0.4, 0.5) is 0 Å². The molecule has 0 unspecified atom stereocenters. The normalized spacial score (nSPS) is 10.7. The van der Waals surface area contributed by atoms with Gasteiger partial charge in [0.2, 0.25) is 0 Å². The van der Waals surface area contributed by atoms with Gasteiger partial charge in [0.05, 0.1) is 5.69 Å². The molecule has 0 amide bonds. The molecule has 0 saturated heterocycles. The fraction of sp³-hybridized carbons (Fsp3) is 0.125. The van der Waals surface area contributed by atoms with Crippen molar-refractivity contribution in [2.75, 3.05) is 0 Å². The molecule has 0 saturated carbocycles. The summed E-state index contributed by atoms with van der Waals surface area (Å²) in [6.07, 6.45) is 4.51. The predicted octanol–water partition coefficient (Wildman–Crippen LogP) is 3.25. The second-order valence-corrected chi connectivity index (χ2v) is 5.65. The van der Waals surface area contributed by atoms with E-state index < -0.39 is 0 Å². The van der Waals surface area contributed by atoms with Gasteiger partial charge >= 0.3 is 0 Å². The molecule has 100 valence electrons. The minimum atomic E-state index is 0.487. The molecule has 0 atom stereocenters. The van der Waals surface area contributed by atoms with Gasteiger partial charge in [0, 0.05) is 35.8 Å². The molecule has 20 heavy (non-hydrogen) atoms. The quantitative estimate of drug-likeness (QED) is 0.798. The molecule has 0 aliphatic rings. The van der Waals surface area contributed by atoms with E-state index in [2.05, 4.69) is 22.1 Å². The van der Waals surface area contributed by atoms with Crippen molar-refractivity contribution in [3.8, 4) is 11.3 Å². The first-order valence-electron chi connectivity index (χ1n) is 6.50. The molecule has 1 aromatic carbocycles. The largest absolute Gasteiger partial charge is 0.325 e. The summed E-state index contributed by atoms with van der Waals surface area (Å²) >= 11 is 1.69.